The van der Waals surface area contributed by atoms with Gasteiger partial charge in [-0.3, -0.25) is 0 Å². The highest BCUT2D eigenvalue weighted by atomic mass is 79.9. The monoisotopic (exact) mass is 322 g/mol. The number of hydrogen-bond donors (Lipinski definition) is 2. The Bertz CT molecular complexity index is 441. The Morgan fingerprint density at radius 3 is 2.44 bits per heavy atom. The van der Waals surface area contributed by atoms with Gasteiger partial charge in [0.25, 0.3) is 0 Å². The van der Waals surface area contributed by atoms with Gasteiger partial charge in [-0.2, -0.15) is 13.2 Å². The quantitative estimate of drug-likeness (QED) is 0.889. The molecule has 1 aliphatic rings. The fourth-order valence-corrected chi connectivity index (χ4v) is 2.43. The molecule has 0 amide bonds. The van der Waals surface area contributed by atoms with Crippen LogP contribution in [0.2, 0.25) is 0 Å². The van der Waals surface area contributed by atoms with E-state index in [2.05, 4.69) is 21.2 Å². The molecule has 0 saturated heterocycles. The smallest absolute Gasteiger partial charge is 0.382 e. The summed E-state index contributed by atoms with van der Waals surface area (Å²) in [4.78, 5) is 0. The molecule has 0 aromatic heterocycles. The standard InChI is InChI=1S/C12H14BrF3N2/c13-9-6-8(12(14,15)16)2-3-10(9)18-7-11(17)4-1-5-11/h2-3,6,18H,1,4-5,7,17H2. The van der Waals surface area contributed by atoms with E-state index in [1.807, 2.05) is 0 Å². The number of rotatable bonds is 3. The molecular weight excluding hydrogens is 309 g/mol. The molecule has 0 heterocycles. The molecule has 1 aromatic rings. The normalized spacial score (nSPS) is 18.3. The summed E-state index contributed by atoms with van der Waals surface area (Å²) in [6, 6.07) is 3.57. The van der Waals surface area contributed by atoms with Crippen LogP contribution in [-0.2, 0) is 6.18 Å². The van der Waals surface area contributed by atoms with Gasteiger partial charge in [0.15, 0.2) is 0 Å². The van der Waals surface area contributed by atoms with Crippen LogP contribution >= 0.6 is 15.9 Å². The molecule has 2 rings (SSSR count). The minimum atomic E-state index is -4.32. The van der Waals surface area contributed by atoms with Crippen molar-refractivity contribution in [2.24, 2.45) is 5.73 Å². The van der Waals surface area contributed by atoms with Crippen molar-refractivity contribution < 1.29 is 13.2 Å². The Morgan fingerprint density at radius 1 is 1.33 bits per heavy atom. The Hall–Kier alpha value is -0.750. The summed E-state index contributed by atoms with van der Waals surface area (Å²) >= 11 is 3.14. The maximum atomic E-state index is 12.5. The SMILES string of the molecule is NC1(CNc2ccc(C(F)(F)F)cc2Br)CCC1. The van der Waals surface area contributed by atoms with Crippen molar-refractivity contribution in [1.82, 2.24) is 0 Å². The first kappa shape index (κ1) is 13.7. The molecule has 1 aliphatic carbocycles. The second kappa shape index (κ2) is 4.74. The second-order valence-corrected chi connectivity index (χ2v) is 5.62. The van der Waals surface area contributed by atoms with Gasteiger partial charge in [0, 0.05) is 22.2 Å². The highest BCUT2D eigenvalue weighted by Gasteiger charge is 2.33. The lowest BCUT2D eigenvalue weighted by molar-refractivity contribution is -0.137. The topological polar surface area (TPSA) is 38.0 Å². The van der Waals surface area contributed by atoms with Gasteiger partial charge in [0.2, 0.25) is 0 Å². The molecule has 100 valence electrons. The van der Waals surface area contributed by atoms with E-state index in [0.717, 1.165) is 31.4 Å². The summed E-state index contributed by atoms with van der Waals surface area (Å²) in [5.41, 5.74) is 5.81. The van der Waals surface area contributed by atoms with Crippen LogP contribution in [0.3, 0.4) is 0 Å². The van der Waals surface area contributed by atoms with Crippen molar-refractivity contribution in [3.05, 3.63) is 28.2 Å². The van der Waals surface area contributed by atoms with Crippen LogP contribution < -0.4 is 11.1 Å². The van der Waals surface area contributed by atoms with Crippen LogP contribution in [0.25, 0.3) is 0 Å². The van der Waals surface area contributed by atoms with E-state index < -0.39 is 11.7 Å². The summed E-state index contributed by atoms with van der Waals surface area (Å²) in [6.45, 7) is 0.580. The van der Waals surface area contributed by atoms with Crippen LogP contribution in [0, 0.1) is 0 Å². The van der Waals surface area contributed by atoms with Crippen LogP contribution in [-0.4, -0.2) is 12.1 Å². The van der Waals surface area contributed by atoms with Gasteiger partial charge < -0.3 is 11.1 Å². The fraction of sp³-hybridized carbons (Fsp3) is 0.500. The van der Waals surface area contributed by atoms with Crippen LogP contribution in [0.4, 0.5) is 18.9 Å². The van der Waals surface area contributed by atoms with Gasteiger partial charge in [-0.25, -0.2) is 0 Å². The molecule has 0 aliphatic heterocycles. The molecule has 0 spiro atoms. The van der Waals surface area contributed by atoms with Gasteiger partial charge >= 0.3 is 6.18 Å². The summed E-state index contributed by atoms with van der Waals surface area (Å²) in [6.07, 6.45) is -1.28. The van der Waals surface area contributed by atoms with E-state index in [1.165, 1.54) is 6.07 Å². The first-order valence-corrected chi connectivity index (χ1v) is 6.49. The molecule has 0 radical (unpaired) electrons. The minimum absolute atomic E-state index is 0.206. The third-order valence-corrected chi connectivity index (χ3v) is 3.93. The van der Waals surface area contributed by atoms with Crippen molar-refractivity contribution in [2.75, 3.05) is 11.9 Å². The van der Waals surface area contributed by atoms with Crippen LogP contribution in [0.15, 0.2) is 22.7 Å². The Morgan fingerprint density at radius 2 is 2.00 bits per heavy atom. The van der Waals surface area contributed by atoms with Crippen LogP contribution in [0.1, 0.15) is 24.8 Å². The number of halogens is 4. The predicted molar refractivity (Wildman–Crippen MR) is 68.4 cm³/mol. The number of anilines is 1. The second-order valence-electron chi connectivity index (χ2n) is 4.76. The molecule has 2 nitrogen and oxygen atoms in total. The van der Waals surface area contributed by atoms with Crippen molar-refractivity contribution >= 4 is 21.6 Å². The van der Waals surface area contributed by atoms with E-state index in [1.54, 1.807) is 0 Å². The summed E-state index contributed by atoms with van der Waals surface area (Å²) in [5, 5.41) is 3.09. The largest absolute Gasteiger partial charge is 0.416 e. The molecular formula is C12H14BrF3N2. The van der Waals surface area contributed by atoms with Crippen molar-refractivity contribution in [3.8, 4) is 0 Å². The van der Waals surface area contributed by atoms with Crippen molar-refractivity contribution in [1.29, 1.82) is 0 Å². The zero-order valence-electron chi connectivity index (χ0n) is 9.65. The zero-order valence-corrected chi connectivity index (χ0v) is 11.2. The molecule has 1 saturated carbocycles. The Labute approximate surface area is 112 Å². The number of benzene rings is 1. The number of alkyl halides is 3. The van der Waals surface area contributed by atoms with E-state index in [-0.39, 0.29) is 5.54 Å². The molecule has 3 N–H and O–H groups in total. The van der Waals surface area contributed by atoms with Gasteiger partial charge in [-0.15, -0.1) is 0 Å². The molecule has 18 heavy (non-hydrogen) atoms. The predicted octanol–water partition coefficient (Wildman–Crippen LogP) is 3.76. The minimum Gasteiger partial charge on any atom is -0.382 e. The van der Waals surface area contributed by atoms with E-state index in [0.29, 0.717) is 16.7 Å². The van der Waals surface area contributed by atoms with Crippen molar-refractivity contribution in [2.45, 2.75) is 31.0 Å². The molecule has 1 aromatic carbocycles. The summed E-state index contributed by atoms with van der Waals surface area (Å²) in [5.74, 6) is 0. The molecule has 6 heteroatoms. The lowest BCUT2D eigenvalue weighted by Crippen LogP contribution is -2.52. The van der Waals surface area contributed by atoms with Gasteiger partial charge in [-0.05, 0) is 53.4 Å². The Balaban J connectivity index is 2.06. The maximum absolute atomic E-state index is 12.5. The average Bonchev–Trinajstić information content (AvgIpc) is 2.23. The van der Waals surface area contributed by atoms with E-state index in [4.69, 9.17) is 5.73 Å². The summed E-state index contributed by atoms with van der Waals surface area (Å²) in [7, 11) is 0. The Kier molecular flexibility index (Phi) is 3.60. The number of nitrogens with two attached hydrogens (primary N) is 1. The highest BCUT2D eigenvalue weighted by Crippen LogP contribution is 2.35. The van der Waals surface area contributed by atoms with E-state index >= 15 is 0 Å². The molecule has 0 bridgehead atoms. The third kappa shape index (κ3) is 2.98. The first-order chi connectivity index (χ1) is 8.30. The molecule has 0 atom stereocenters. The zero-order chi connectivity index (χ0) is 13.4. The third-order valence-electron chi connectivity index (χ3n) is 3.28. The van der Waals surface area contributed by atoms with Gasteiger partial charge in [0.1, 0.15) is 0 Å². The number of hydrogen-bond acceptors (Lipinski definition) is 2. The van der Waals surface area contributed by atoms with Crippen LogP contribution in [0.5, 0.6) is 0 Å². The van der Waals surface area contributed by atoms with Gasteiger partial charge in [-0.1, -0.05) is 0 Å². The average molecular weight is 323 g/mol. The molecule has 0 unspecified atom stereocenters. The van der Waals surface area contributed by atoms with E-state index in [9.17, 15) is 13.2 Å². The summed E-state index contributed by atoms with van der Waals surface area (Å²) < 4.78 is 37.8. The van der Waals surface area contributed by atoms with Crippen molar-refractivity contribution in [3.63, 3.8) is 0 Å². The highest BCUT2D eigenvalue weighted by molar-refractivity contribution is 9.10. The lowest BCUT2D eigenvalue weighted by atomic mass is 9.78. The van der Waals surface area contributed by atoms with Gasteiger partial charge in [0.05, 0.1) is 5.56 Å². The lowest BCUT2D eigenvalue weighted by Gasteiger charge is -2.38. The maximum Gasteiger partial charge on any atom is 0.416 e. The molecule has 1 fully saturated rings. The number of nitrogens with one attached hydrogen (secondary N) is 1. The first-order valence-electron chi connectivity index (χ1n) is 5.70. The fourth-order valence-electron chi connectivity index (χ4n) is 1.91.